The number of benzene rings is 2. The van der Waals surface area contributed by atoms with Gasteiger partial charge in [0.25, 0.3) is 21.9 Å². The van der Waals surface area contributed by atoms with E-state index in [1.165, 1.54) is 0 Å². The zero-order valence-electron chi connectivity index (χ0n) is 27.3. The molecule has 5 rings (SSSR count). The third-order valence-electron chi connectivity index (χ3n) is 9.03. The molecule has 3 atom stereocenters. The lowest BCUT2D eigenvalue weighted by Gasteiger charge is -2.42. The molecule has 2 aliphatic heterocycles. The van der Waals surface area contributed by atoms with Gasteiger partial charge in [-0.2, -0.15) is 8.42 Å². The number of rotatable bonds is 13. The number of allylic oxidation sites excluding steroid dienone is 1. The Morgan fingerprint density at radius 2 is 1.87 bits per heavy atom. The number of fused-ring (bicyclic) bond motifs is 2. The van der Waals surface area contributed by atoms with E-state index in [4.69, 9.17) is 19.2 Å². The number of anilines is 1. The first-order valence-electron chi connectivity index (χ1n) is 16.3. The Balaban J connectivity index is 1.47. The maximum absolute atomic E-state index is 12.4. The van der Waals surface area contributed by atoms with E-state index >= 15 is 0 Å². The second-order valence-corrected chi connectivity index (χ2v) is 13.8. The minimum Gasteiger partial charge on any atom is -0.453 e. The molecule has 2 heterocycles. The molecule has 2 fully saturated rings. The first-order valence-corrected chi connectivity index (χ1v) is 17.8. The number of aromatic nitrogens is 1. The Kier molecular flexibility index (Phi) is 10.5. The van der Waals surface area contributed by atoms with Crippen LogP contribution in [0.25, 0.3) is 28.6 Å². The van der Waals surface area contributed by atoms with Crippen molar-refractivity contribution in [3.63, 3.8) is 0 Å². The highest BCUT2D eigenvalue weighted by molar-refractivity contribution is 7.86. The van der Waals surface area contributed by atoms with E-state index in [2.05, 4.69) is 18.7 Å². The summed E-state index contributed by atoms with van der Waals surface area (Å²) in [7, 11) is -4.31. The fraction of sp³-hybridized carbons (Fsp3) is 0.500. The summed E-state index contributed by atoms with van der Waals surface area (Å²) < 4.78 is 41.4. The van der Waals surface area contributed by atoms with Gasteiger partial charge in [-0.1, -0.05) is 25.5 Å². The zero-order chi connectivity index (χ0) is 33.9. The van der Waals surface area contributed by atoms with Crippen LogP contribution in [0.2, 0.25) is 0 Å². The van der Waals surface area contributed by atoms with Crippen molar-refractivity contribution < 1.29 is 36.6 Å². The highest BCUT2D eigenvalue weighted by Gasteiger charge is 2.48. The van der Waals surface area contributed by atoms with E-state index in [1.54, 1.807) is 0 Å². The molecule has 2 unspecified atom stereocenters. The van der Waals surface area contributed by atoms with E-state index in [-0.39, 0.29) is 25.2 Å². The second kappa shape index (κ2) is 14.3. The molecule has 13 heteroatoms. The molecule has 1 saturated heterocycles. The fourth-order valence-electron chi connectivity index (χ4n) is 6.55. The predicted octanol–water partition coefficient (Wildman–Crippen LogP) is 5.26. The van der Waals surface area contributed by atoms with Crippen molar-refractivity contribution in [2.75, 3.05) is 24.5 Å². The molecule has 1 N–H and O–H groups in total. The van der Waals surface area contributed by atoms with Crippen LogP contribution < -0.4 is 10.3 Å². The molecule has 1 saturated carbocycles. The number of hydroxylamine groups is 2. The Morgan fingerprint density at radius 1 is 1.15 bits per heavy atom. The Labute approximate surface area is 274 Å². The lowest BCUT2D eigenvalue weighted by molar-refractivity contribution is -0.197. The van der Waals surface area contributed by atoms with Gasteiger partial charge in [0.2, 0.25) is 0 Å². The minimum absolute atomic E-state index is 0.0215. The van der Waals surface area contributed by atoms with E-state index in [1.807, 2.05) is 50.3 Å². The third kappa shape index (κ3) is 7.25. The summed E-state index contributed by atoms with van der Waals surface area (Å²) in [4.78, 5) is 52.6. The van der Waals surface area contributed by atoms with Crippen LogP contribution in [0, 0.1) is 5.92 Å². The number of carbonyl (C=O) groups excluding carboxylic acids is 3. The first-order chi connectivity index (χ1) is 22.5. The summed E-state index contributed by atoms with van der Waals surface area (Å²) in [5.41, 5.74) is 4.30. The number of unbranched alkanes of at least 4 members (excludes halogenated alkanes) is 2. The van der Waals surface area contributed by atoms with Crippen molar-refractivity contribution in [1.82, 2.24) is 10.0 Å². The predicted molar refractivity (Wildman–Crippen MR) is 177 cm³/mol. The summed E-state index contributed by atoms with van der Waals surface area (Å²) in [5.74, 6) is -1.67. The van der Waals surface area contributed by atoms with Gasteiger partial charge in [-0.05, 0) is 63.6 Å². The molecule has 0 aromatic heterocycles. The van der Waals surface area contributed by atoms with Crippen molar-refractivity contribution in [2.45, 2.75) is 83.8 Å². The minimum atomic E-state index is -4.31. The van der Waals surface area contributed by atoms with Crippen LogP contribution in [-0.4, -0.2) is 65.7 Å². The first kappa shape index (κ1) is 34.2. The molecule has 4 aliphatic rings. The van der Waals surface area contributed by atoms with Crippen LogP contribution in [0.3, 0.4) is 0 Å². The summed E-state index contributed by atoms with van der Waals surface area (Å²) >= 11 is 0. The number of carbonyl (C=O) groups is 3. The molecular weight excluding hydrogens is 624 g/mol. The van der Waals surface area contributed by atoms with Gasteiger partial charge < -0.3 is 14.2 Å². The van der Waals surface area contributed by atoms with Gasteiger partial charge in [0.05, 0.1) is 10.6 Å². The number of amides is 2. The topological polar surface area (TPSA) is 160 Å². The quantitative estimate of drug-likeness (QED) is 0.110. The van der Waals surface area contributed by atoms with E-state index in [0.717, 1.165) is 18.8 Å². The lowest BCUT2D eigenvalue weighted by Crippen LogP contribution is -2.45. The summed E-state index contributed by atoms with van der Waals surface area (Å²) in [6, 6.07) is 7.71. The number of nitrogens with zero attached hydrogens (tertiary/aromatic N) is 4. The monoisotopic (exact) mass is 666 g/mol. The second-order valence-electron chi connectivity index (χ2n) is 12.1. The Bertz CT molecular complexity index is 1830. The third-order valence-corrected chi connectivity index (χ3v) is 10.3. The summed E-state index contributed by atoms with van der Waals surface area (Å²) in [6.45, 7) is 10.1. The molecule has 12 nitrogen and oxygen atoms in total. The molecule has 2 amide bonds. The van der Waals surface area contributed by atoms with Gasteiger partial charge in [-0.3, -0.25) is 19.1 Å². The molecule has 2 aliphatic carbocycles. The maximum Gasteiger partial charge on any atom is 0.333 e. The standard InChI is InChI=1S/C34H42N4O8S/c1-5-11-23-33(32-21(4)18-28(32)47(42,43)44)25(35-17-10-8-9-12-31(41)46-38-29(39)15-16-30(38)40)20-27-34(23)36-24-14-13-22(19-26(24)45-27)37(6-2)7-3/h5,11,13-14,19-21,28,32H,6-10,12,15-18H2,1-4H3,(H,42,43,44)/b11-5-,35-25?/t21-,28?,32?/m1/s1. The lowest BCUT2D eigenvalue weighted by atomic mass is 9.68. The Hall–Kier alpha value is -4.10. The molecule has 0 radical (unpaired) electrons. The van der Waals surface area contributed by atoms with Gasteiger partial charge in [0, 0.05) is 68.2 Å². The molecule has 0 spiro atoms. The fourth-order valence-corrected chi connectivity index (χ4v) is 7.87. The van der Waals surface area contributed by atoms with Gasteiger partial charge in [-0.15, -0.1) is 5.06 Å². The van der Waals surface area contributed by atoms with Crippen LogP contribution in [0.15, 0.2) is 39.8 Å². The molecular formula is C34H42N4O8S. The zero-order valence-corrected chi connectivity index (χ0v) is 28.1. The van der Waals surface area contributed by atoms with Crippen LogP contribution in [0.1, 0.15) is 89.7 Å². The van der Waals surface area contributed by atoms with Crippen molar-refractivity contribution in [3.8, 4) is 11.5 Å². The number of imide groups is 1. The van der Waals surface area contributed by atoms with Gasteiger partial charge >= 0.3 is 5.97 Å². The van der Waals surface area contributed by atoms with Crippen molar-refractivity contribution in [3.05, 3.63) is 46.8 Å². The van der Waals surface area contributed by atoms with Crippen LogP contribution >= 0.6 is 0 Å². The van der Waals surface area contributed by atoms with Gasteiger partial charge in [0.15, 0.2) is 11.3 Å². The molecule has 0 bridgehead atoms. The van der Waals surface area contributed by atoms with Crippen molar-refractivity contribution >= 4 is 50.8 Å². The van der Waals surface area contributed by atoms with E-state index < -0.39 is 39.1 Å². The van der Waals surface area contributed by atoms with E-state index in [9.17, 15) is 27.4 Å². The normalized spacial score (nSPS) is 20.5. The maximum atomic E-state index is 12.4. The van der Waals surface area contributed by atoms with Crippen molar-refractivity contribution in [2.24, 2.45) is 10.9 Å². The van der Waals surface area contributed by atoms with Crippen LogP contribution in [-0.2, 0) is 29.3 Å². The highest BCUT2D eigenvalue weighted by atomic mass is 32.2. The molecule has 1 aromatic carbocycles. The van der Waals surface area contributed by atoms with E-state index in [0.29, 0.717) is 76.3 Å². The molecule has 1 aromatic rings. The largest absolute Gasteiger partial charge is 0.453 e. The van der Waals surface area contributed by atoms with Crippen LogP contribution in [0.5, 0.6) is 0 Å². The van der Waals surface area contributed by atoms with Gasteiger partial charge in [-0.25, -0.2) is 9.78 Å². The van der Waals surface area contributed by atoms with Gasteiger partial charge in [0.1, 0.15) is 11.2 Å². The average molecular weight is 667 g/mol. The highest BCUT2D eigenvalue weighted by Crippen LogP contribution is 2.48. The summed E-state index contributed by atoms with van der Waals surface area (Å²) in [5, 5.41) is 0.171. The summed E-state index contributed by atoms with van der Waals surface area (Å²) in [6.07, 6.45) is 5.95. The van der Waals surface area contributed by atoms with Crippen molar-refractivity contribution in [1.29, 1.82) is 0 Å². The number of hydrogen-bond donors (Lipinski definition) is 1. The molecule has 252 valence electrons. The smallest absolute Gasteiger partial charge is 0.333 e. The SMILES string of the molecule is C/C=C\c1c2nc3ccc(N(CC)CC)cc3oc-2cc(=NCCCCCC(=O)ON2C(=O)CCC2=O)c1C1C(S(=O)(=O)O)C[C@H]1C. The van der Waals surface area contributed by atoms with Crippen LogP contribution in [0.4, 0.5) is 5.69 Å². The Morgan fingerprint density at radius 3 is 2.51 bits per heavy atom. The molecule has 47 heavy (non-hydrogen) atoms. The number of hydrogen-bond acceptors (Lipinski definition) is 10. The average Bonchev–Trinajstić information content (AvgIpc) is 3.34.